The van der Waals surface area contributed by atoms with Gasteiger partial charge in [0.05, 0.1) is 5.56 Å². The average Bonchev–Trinajstić information content (AvgIpc) is 2.42. The van der Waals surface area contributed by atoms with Crippen LogP contribution in [-0.4, -0.2) is 37.0 Å². The van der Waals surface area contributed by atoms with Gasteiger partial charge in [0.15, 0.2) is 0 Å². The largest absolute Gasteiger partial charge is 0.351 e. The van der Waals surface area contributed by atoms with Crippen LogP contribution < -0.4 is 5.32 Å². The fourth-order valence-corrected chi connectivity index (χ4v) is 2.50. The number of nitrogens with zero attached hydrogens (tertiary/aromatic N) is 1. The smallest absolute Gasteiger partial charge is 0.254 e. The molecule has 3 nitrogen and oxygen atoms in total. The van der Waals surface area contributed by atoms with Crippen molar-refractivity contribution in [3.05, 3.63) is 29.6 Å². The predicted molar refractivity (Wildman–Crippen MR) is 76.3 cm³/mol. The molecule has 1 amide bonds. The molecule has 1 saturated heterocycles. The van der Waals surface area contributed by atoms with Gasteiger partial charge in [-0.15, -0.1) is 12.6 Å². The van der Waals surface area contributed by atoms with Gasteiger partial charge in [-0.25, -0.2) is 4.39 Å². The molecule has 1 fully saturated rings. The molecular weight excluding hydrogens is 263 g/mol. The zero-order valence-electron chi connectivity index (χ0n) is 10.9. The van der Waals surface area contributed by atoms with Crippen molar-refractivity contribution in [2.24, 2.45) is 0 Å². The summed E-state index contributed by atoms with van der Waals surface area (Å²) < 4.78 is 13.5. The van der Waals surface area contributed by atoms with Crippen LogP contribution in [0.4, 0.5) is 4.39 Å². The summed E-state index contributed by atoms with van der Waals surface area (Å²) in [4.78, 5) is 14.8. The molecule has 1 N–H and O–H groups in total. The van der Waals surface area contributed by atoms with Crippen LogP contribution >= 0.6 is 12.6 Å². The summed E-state index contributed by atoms with van der Waals surface area (Å²) in [5.74, 6) is -0.876. The second kappa shape index (κ2) is 6.91. The molecular formula is C14H19FN2OS. The Bertz CT molecular complexity index is 447. The van der Waals surface area contributed by atoms with E-state index in [2.05, 4.69) is 22.8 Å². The highest BCUT2D eigenvalue weighted by atomic mass is 32.1. The van der Waals surface area contributed by atoms with E-state index in [1.807, 2.05) is 0 Å². The molecule has 19 heavy (non-hydrogen) atoms. The van der Waals surface area contributed by atoms with Crippen LogP contribution in [0.3, 0.4) is 0 Å². The average molecular weight is 282 g/mol. The summed E-state index contributed by atoms with van der Waals surface area (Å²) in [6, 6.07) is 4.25. The number of hydrogen-bond donors (Lipinski definition) is 2. The first-order valence-corrected chi connectivity index (χ1v) is 7.10. The normalized spacial score (nSPS) is 16.3. The summed E-state index contributed by atoms with van der Waals surface area (Å²) in [6.45, 7) is 3.57. The summed E-state index contributed by atoms with van der Waals surface area (Å²) in [5.41, 5.74) is 0.0612. The lowest BCUT2D eigenvalue weighted by atomic mass is 10.1. The molecule has 0 saturated carbocycles. The molecule has 0 aliphatic carbocycles. The lowest BCUT2D eigenvalue weighted by Gasteiger charge is -2.26. The Kier molecular flexibility index (Phi) is 5.22. The Hall–Kier alpha value is -1.07. The third-order valence-corrected chi connectivity index (χ3v) is 3.64. The number of piperidine rings is 1. The molecule has 0 radical (unpaired) electrons. The molecule has 0 unspecified atom stereocenters. The van der Waals surface area contributed by atoms with Crippen molar-refractivity contribution >= 4 is 18.5 Å². The van der Waals surface area contributed by atoms with Gasteiger partial charge in [0, 0.05) is 18.0 Å². The second-order valence-electron chi connectivity index (χ2n) is 4.82. The van der Waals surface area contributed by atoms with Crippen molar-refractivity contribution in [3.63, 3.8) is 0 Å². The quantitative estimate of drug-likeness (QED) is 0.831. The summed E-state index contributed by atoms with van der Waals surface area (Å²) >= 11 is 4.12. The van der Waals surface area contributed by atoms with E-state index in [0.717, 1.165) is 19.6 Å². The Morgan fingerprint density at radius 3 is 2.79 bits per heavy atom. The Balaban J connectivity index is 1.82. The number of carbonyl (C=O) groups is 1. The van der Waals surface area contributed by atoms with Gasteiger partial charge in [0.25, 0.3) is 5.91 Å². The number of hydrogen-bond acceptors (Lipinski definition) is 3. The number of nitrogens with one attached hydrogen (secondary N) is 1. The summed E-state index contributed by atoms with van der Waals surface area (Å²) in [7, 11) is 0. The summed E-state index contributed by atoms with van der Waals surface area (Å²) in [5, 5.41) is 2.76. The molecule has 2 rings (SSSR count). The number of rotatable bonds is 4. The zero-order chi connectivity index (χ0) is 13.7. The maximum absolute atomic E-state index is 13.5. The van der Waals surface area contributed by atoms with E-state index in [1.54, 1.807) is 0 Å². The molecule has 0 atom stereocenters. The van der Waals surface area contributed by atoms with Crippen LogP contribution in [-0.2, 0) is 0 Å². The van der Waals surface area contributed by atoms with Crippen LogP contribution in [0.25, 0.3) is 0 Å². The van der Waals surface area contributed by atoms with Crippen molar-refractivity contribution < 1.29 is 9.18 Å². The molecule has 1 aliphatic heterocycles. The van der Waals surface area contributed by atoms with E-state index >= 15 is 0 Å². The third-order valence-electron chi connectivity index (χ3n) is 3.36. The van der Waals surface area contributed by atoms with Crippen LogP contribution in [0.15, 0.2) is 23.1 Å². The molecule has 104 valence electrons. The van der Waals surface area contributed by atoms with Crippen molar-refractivity contribution in [1.82, 2.24) is 10.2 Å². The number of likely N-dealkylation sites (tertiary alicyclic amines) is 1. The Morgan fingerprint density at radius 2 is 2.05 bits per heavy atom. The molecule has 0 aromatic heterocycles. The third kappa shape index (κ3) is 4.21. The van der Waals surface area contributed by atoms with Gasteiger partial charge < -0.3 is 10.2 Å². The fourth-order valence-electron chi connectivity index (χ4n) is 2.29. The zero-order valence-corrected chi connectivity index (χ0v) is 11.8. The topological polar surface area (TPSA) is 32.3 Å². The Morgan fingerprint density at radius 1 is 1.32 bits per heavy atom. The van der Waals surface area contributed by atoms with Crippen molar-refractivity contribution in [2.45, 2.75) is 24.2 Å². The van der Waals surface area contributed by atoms with E-state index in [1.165, 1.54) is 37.5 Å². The molecule has 1 aromatic rings. The molecule has 1 aromatic carbocycles. The SMILES string of the molecule is O=C(NCCN1CCCCC1)c1cc(S)ccc1F. The molecule has 1 aliphatic rings. The summed E-state index contributed by atoms with van der Waals surface area (Å²) in [6.07, 6.45) is 3.75. The van der Waals surface area contributed by atoms with Gasteiger partial charge in [-0.05, 0) is 44.1 Å². The maximum Gasteiger partial charge on any atom is 0.254 e. The first-order chi connectivity index (χ1) is 9.16. The first-order valence-electron chi connectivity index (χ1n) is 6.66. The van der Waals surface area contributed by atoms with Gasteiger partial charge in [0.1, 0.15) is 5.82 Å². The van der Waals surface area contributed by atoms with Gasteiger partial charge in [-0.2, -0.15) is 0 Å². The second-order valence-corrected chi connectivity index (χ2v) is 5.34. The molecule has 5 heteroatoms. The lowest BCUT2D eigenvalue weighted by Crippen LogP contribution is -2.37. The maximum atomic E-state index is 13.5. The van der Waals surface area contributed by atoms with Crippen molar-refractivity contribution in [3.8, 4) is 0 Å². The lowest BCUT2D eigenvalue weighted by molar-refractivity contribution is 0.0942. The van der Waals surface area contributed by atoms with Crippen LogP contribution in [0, 0.1) is 5.82 Å². The minimum absolute atomic E-state index is 0.0612. The van der Waals surface area contributed by atoms with Crippen LogP contribution in [0.1, 0.15) is 29.6 Å². The van der Waals surface area contributed by atoms with E-state index < -0.39 is 5.82 Å². The van der Waals surface area contributed by atoms with Crippen LogP contribution in [0.2, 0.25) is 0 Å². The van der Waals surface area contributed by atoms with Gasteiger partial charge in [0.2, 0.25) is 0 Å². The van der Waals surface area contributed by atoms with Crippen molar-refractivity contribution in [1.29, 1.82) is 0 Å². The Labute approximate surface area is 118 Å². The van der Waals surface area contributed by atoms with Gasteiger partial charge in [-0.1, -0.05) is 6.42 Å². The molecule has 1 heterocycles. The number of amides is 1. The number of benzene rings is 1. The molecule has 0 spiro atoms. The highest BCUT2D eigenvalue weighted by Gasteiger charge is 2.13. The van der Waals surface area contributed by atoms with Gasteiger partial charge >= 0.3 is 0 Å². The minimum Gasteiger partial charge on any atom is -0.351 e. The number of carbonyl (C=O) groups excluding carboxylic acids is 1. The van der Waals surface area contributed by atoms with E-state index in [4.69, 9.17) is 0 Å². The van der Waals surface area contributed by atoms with E-state index in [0.29, 0.717) is 11.4 Å². The number of thiol groups is 1. The highest BCUT2D eigenvalue weighted by molar-refractivity contribution is 7.80. The standard InChI is InChI=1S/C14H19FN2OS/c15-13-5-4-11(19)10-12(13)14(18)16-6-9-17-7-2-1-3-8-17/h4-5,10,19H,1-3,6-9H2,(H,16,18). The molecule has 0 bridgehead atoms. The number of halogens is 1. The van der Waals surface area contributed by atoms with E-state index in [9.17, 15) is 9.18 Å². The van der Waals surface area contributed by atoms with Crippen LogP contribution in [0.5, 0.6) is 0 Å². The minimum atomic E-state index is -0.506. The van der Waals surface area contributed by atoms with E-state index in [-0.39, 0.29) is 11.5 Å². The highest BCUT2D eigenvalue weighted by Crippen LogP contribution is 2.13. The van der Waals surface area contributed by atoms with Gasteiger partial charge in [-0.3, -0.25) is 4.79 Å². The monoisotopic (exact) mass is 282 g/mol. The van der Waals surface area contributed by atoms with Crippen molar-refractivity contribution in [2.75, 3.05) is 26.2 Å². The first kappa shape index (κ1) is 14.3. The predicted octanol–water partition coefficient (Wildman–Crippen LogP) is 2.33. The fraction of sp³-hybridized carbons (Fsp3) is 0.500.